The summed E-state index contributed by atoms with van der Waals surface area (Å²) in [7, 11) is 0. The molecule has 5 aliphatic carbocycles. The molecule has 0 bridgehead atoms. The molecule has 5 aliphatic rings. The number of carbonyl (C=O) groups excluding carboxylic acids is 2. The third kappa shape index (κ3) is 3.37. The maximum absolute atomic E-state index is 14.5. The first kappa shape index (κ1) is 27.6. The van der Waals surface area contributed by atoms with Gasteiger partial charge in [-0.1, -0.05) is 54.5 Å². The van der Waals surface area contributed by atoms with Crippen molar-refractivity contribution in [2.75, 3.05) is 0 Å². The molecule has 5 heteroatoms. The number of carboxylic acids is 1. The molecule has 0 spiro atoms. The molecule has 0 unspecified atom stereocenters. The zero-order valence-electron chi connectivity index (χ0n) is 24.5. The van der Waals surface area contributed by atoms with Gasteiger partial charge in [0.2, 0.25) is 5.70 Å². The maximum atomic E-state index is 14.5. The fourth-order valence-corrected chi connectivity index (χ4v) is 11.4. The van der Waals surface area contributed by atoms with Crippen molar-refractivity contribution < 1.29 is 19.5 Å². The monoisotopic (exact) mass is 521 g/mol. The van der Waals surface area contributed by atoms with Gasteiger partial charge in [0.05, 0.1) is 6.57 Å². The van der Waals surface area contributed by atoms with Crippen LogP contribution in [0.4, 0.5) is 0 Å². The molecule has 0 heterocycles. The Morgan fingerprint density at radius 2 is 1.68 bits per heavy atom. The summed E-state index contributed by atoms with van der Waals surface area (Å²) in [5.41, 5.74) is -1.07. The molecule has 1 N–H and O–H groups in total. The van der Waals surface area contributed by atoms with Gasteiger partial charge in [-0.15, -0.1) is 0 Å². The maximum Gasteiger partial charge on any atom is 0.303 e. The number of allylic oxidation sites excluding steroid dienone is 2. The molecule has 5 rings (SSSR count). The van der Waals surface area contributed by atoms with Crippen LogP contribution < -0.4 is 0 Å². The highest BCUT2D eigenvalue weighted by Crippen LogP contribution is 2.76. The van der Waals surface area contributed by atoms with Crippen LogP contribution in [0.3, 0.4) is 0 Å². The van der Waals surface area contributed by atoms with Gasteiger partial charge in [0.15, 0.2) is 5.78 Å². The van der Waals surface area contributed by atoms with Crippen LogP contribution in [0.2, 0.25) is 0 Å². The average Bonchev–Trinajstić information content (AvgIpc) is 2.84. The number of rotatable bonds is 3. The molecule has 5 nitrogen and oxygen atoms in total. The Balaban J connectivity index is 1.62. The summed E-state index contributed by atoms with van der Waals surface area (Å²) in [5.74, 6) is 0.874. The SMILES string of the molecule is [C-]#[N+]C1=C[C@]2(C)[C@H]3CC(=O)[C@@H]4[C@@H]5[C@@H](C)[C@H](C)CC[C@]5(CCC(=O)O)CC[C@@]4(C)[C@]3(C)CC[C@H]2C(C)(C)C1=O. The summed E-state index contributed by atoms with van der Waals surface area (Å²) in [5, 5.41) is 9.60. The van der Waals surface area contributed by atoms with E-state index in [2.05, 4.69) is 39.5 Å². The zero-order chi connectivity index (χ0) is 28.1. The molecule has 0 aromatic carbocycles. The van der Waals surface area contributed by atoms with Crippen LogP contribution in [0.15, 0.2) is 11.8 Å². The Labute approximate surface area is 229 Å². The van der Waals surface area contributed by atoms with E-state index in [9.17, 15) is 19.5 Å². The number of carbonyl (C=O) groups is 3. The van der Waals surface area contributed by atoms with Crippen molar-refractivity contribution in [2.45, 2.75) is 106 Å². The van der Waals surface area contributed by atoms with Gasteiger partial charge in [0.1, 0.15) is 5.78 Å². The summed E-state index contributed by atoms with van der Waals surface area (Å²) >= 11 is 0. The Morgan fingerprint density at radius 1 is 1.00 bits per heavy atom. The second-order valence-corrected chi connectivity index (χ2v) is 15.3. The molecular formula is C33H47NO4. The number of Topliss-reactive ketones (excluding diaryl/α,β-unsaturated/α-hetero) is 2. The van der Waals surface area contributed by atoms with E-state index in [0.29, 0.717) is 30.5 Å². The summed E-state index contributed by atoms with van der Waals surface area (Å²) < 4.78 is 0. The molecule has 0 saturated heterocycles. The summed E-state index contributed by atoms with van der Waals surface area (Å²) in [4.78, 5) is 43.2. The lowest BCUT2D eigenvalue weighted by Gasteiger charge is -2.72. The molecule has 38 heavy (non-hydrogen) atoms. The highest BCUT2D eigenvalue weighted by atomic mass is 16.4. The number of fused-ring (bicyclic) bond motifs is 7. The van der Waals surface area contributed by atoms with E-state index in [1.807, 2.05) is 19.9 Å². The summed E-state index contributed by atoms with van der Waals surface area (Å²) in [6.07, 6.45) is 9.36. The van der Waals surface area contributed by atoms with Crippen molar-refractivity contribution in [2.24, 2.45) is 62.6 Å². The van der Waals surface area contributed by atoms with E-state index < -0.39 is 11.4 Å². The topological polar surface area (TPSA) is 75.8 Å². The third-order valence-electron chi connectivity index (χ3n) is 13.8. The first-order valence-corrected chi connectivity index (χ1v) is 15.0. The molecule has 208 valence electrons. The van der Waals surface area contributed by atoms with Crippen molar-refractivity contribution in [3.8, 4) is 0 Å². The van der Waals surface area contributed by atoms with E-state index in [1.54, 1.807) is 0 Å². The van der Waals surface area contributed by atoms with E-state index >= 15 is 0 Å². The van der Waals surface area contributed by atoms with Gasteiger partial charge in [-0.25, -0.2) is 4.85 Å². The third-order valence-corrected chi connectivity index (χ3v) is 13.8. The smallest absolute Gasteiger partial charge is 0.303 e. The van der Waals surface area contributed by atoms with Crippen molar-refractivity contribution >= 4 is 17.5 Å². The van der Waals surface area contributed by atoms with E-state index in [-0.39, 0.29) is 63.2 Å². The standard InChI is InChI=1S/C33H47NO4/c1-19-9-13-33(14-11-25(36)37)16-15-32(7)27(26(33)20(19)2)22(35)17-24-30(5)18-21(34-8)28(38)29(3,4)23(30)10-12-31(24,32)6/h18-20,23-24,26-27H,9-17H2,1-7H3,(H,36,37)/t19-,20+,23+,24-,26+,27-,30+,31-,32-,33+/m1/s1. The highest BCUT2D eigenvalue weighted by Gasteiger charge is 2.72. The number of hydrogen-bond acceptors (Lipinski definition) is 3. The second kappa shape index (κ2) is 8.52. The quantitative estimate of drug-likeness (QED) is 0.394. The Bertz CT molecular complexity index is 1150. The van der Waals surface area contributed by atoms with Gasteiger partial charge in [-0.05, 0) is 96.2 Å². The molecule has 0 aromatic heterocycles. The molecule has 0 radical (unpaired) electrons. The minimum atomic E-state index is -0.733. The van der Waals surface area contributed by atoms with Gasteiger partial charge in [0.25, 0.3) is 0 Å². The van der Waals surface area contributed by atoms with E-state index in [0.717, 1.165) is 38.5 Å². The van der Waals surface area contributed by atoms with Crippen molar-refractivity contribution in [1.29, 1.82) is 0 Å². The lowest BCUT2D eigenvalue weighted by Crippen LogP contribution is -2.69. The zero-order valence-corrected chi connectivity index (χ0v) is 24.5. The minimum Gasteiger partial charge on any atom is -0.481 e. The van der Waals surface area contributed by atoms with Crippen LogP contribution in [0.1, 0.15) is 106 Å². The van der Waals surface area contributed by atoms with Crippen molar-refractivity contribution in [1.82, 2.24) is 0 Å². The first-order valence-electron chi connectivity index (χ1n) is 15.0. The van der Waals surface area contributed by atoms with Gasteiger partial charge in [0, 0.05) is 24.2 Å². The Morgan fingerprint density at radius 3 is 2.32 bits per heavy atom. The molecule has 10 atom stereocenters. The highest BCUT2D eigenvalue weighted by molar-refractivity contribution is 6.02. The molecule has 4 saturated carbocycles. The molecule has 0 amide bonds. The number of carboxylic acid groups (broad SMARTS) is 1. The molecule has 0 aromatic rings. The van der Waals surface area contributed by atoms with Crippen LogP contribution in [0, 0.1) is 69.2 Å². The summed E-state index contributed by atoms with van der Waals surface area (Å²) in [6.45, 7) is 23.5. The fourth-order valence-electron chi connectivity index (χ4n) is 11.4. The van der Waals surface area contributed by atoms with Crippen molar-refractivity contribution in [3.63, 3.8) is 0 Å². The Hall–Kier alpha value is -1.96. The number of aliphatic carboxylic acids is 1. The van der Waals surface area contributed by atoms with Crippen LogP contribution in [-0.2, 0) is 14.4 Å². The second-order valence-electron chi connectivity index (χ2n) is 15.3. The number of nitrogens with zero attached hydrogens (tertiary/aromatic N) is 1. The van der Waals surface area contributed by atoms with Gasteiger partial charge in [-0.3, -0.25) is 9.59 Å². The largest absolute Gasteiger partial charge is 0.481 e. The van der Waals surface area contributed by atoms with Crippen LogP contribution in [0.5, 0.6) is 0 Å². The minimum absolute atomic E-state index is 0.0456. The summed E-state index contributed by atoms with van der Waals surface area (Å²) in [6, 6.07) is 0. The van der Waals surface area contributed by atoms with E-state index in [4.69, 9.17) is 6.57 Å². The Kier molecular flexibility index (Phi) is 6.19. The average molecular weight is 522 g/mol. The predicted molar refractivity (Wildman–Crippen MR) is 147 cm³/mol. The number of hydrogen-bond donors (Lipinski definition) is 1. The molecule has 4 fully saturated rings. The fraction of sp³-hybridized carbons (Fsp3) is 0.818. The van der Waals surface area contributed by atoms with Gasteiger partial charge < -0.3 is 9.90 Å². The predicted octanol–water partition coefficient (Wildman–Crippen LogP) is 7.36. The normalized spacial score (nSPS) is 49.5. The number of ketones is 2. The van der Waals surface area contributed by atoms with Crippen LogP contribution in [-0.4, -0.2) is 22.6 Å². The van der Waals surface area contributed by atoms with Gasteiger partial charge in [-0.2, -0.15) is 0 Å². The first-order chi connectivity index (χ1) is 17.6. The van der Waals surface area contributed by atoms with Gasteiger partial charge >= 0.3 is 5.97 Å². The molecular weight excluding hydrogens is 474 g/mol. The lowest BCUT2D eigenvalue weighted by molar-refractivity contribution is -0.227. The molecule has 0 aliphatic heterocycles. The lowest BCUT2D eigenvalue weighted by atomic mass is 9.31. The van der Waals surface area contributed by atoms with E-state index in [1.165, 1.54) is 0 Å². The van der Waals surface area contributed by atoms with Crippen LogP contribution in [0.25, 0.3) is 4.85 Å². The van der Waals surface area contributed by atoms with Crippen LogP contribution >= 0.6 is 0 Å². The van der Waals surface area contributed by atoms with Crippen molar-refractivity contribution in [3.05, 3.63) is 23.2 Å².